The zero-order valence-electron chi connectivity index (χ0n) is 6.45. The second-order valence-electron chi connectivity index (χ2n) is 2.35. The van der Waals surface area contributed by atoms with Crippen LogP contribution in [-0.4, -0.2) is 16.0 Å². The largest absolute Gasteiger partial charge is 0.507 e. The first kappa shape index (κ1) is 9.06. The van der Waals surface area contributed by atoms with Gasteiger partial charge in [-0.3, -0.25) is 0 Å². The van der Waals surface area contributed by atoms with Gasteiger partial charge < -0.3 is 10.3 Å². The van der Waals surface area contributed by atoms with Crippen LogP contribution in [0.4, 0.5) is 0 Å². The van der Waals surface area contributed by atoms with E-state index in [0.717, 1.165) is 4.47 Å². The molecule has 1 rings (SSSR count). The van der Waals surface area contributed by atoms with Gasteiger partial charge in [-0.05, 0) is 25.1 Å². The smallest absolute Gasteiger partial charge is 0.125 e. The van der Waals surface area contributed by atoms with Crippen molar-refractivity contribution in [1.29, 1.82) is 0 Å². The van der Waals surface area contributed by atoms with E-state index in [4.69, 9.17) is 5.21 Å². The predicted molar refractivity (Wildman–Crippen MR) is 49.8 cm³/mol. The fourth-order valence-corrected chi connectivity index (χ4v) is 1.21. The lowest BCUT2D eigenvalue weighted by atomic mass is 10.1. The minimum atomic E-state index is 0.0969. The van der Waals surface area contributed by atoms with Gasteiger partial charge in [0.2, 0.25) is 0 Å². The first-order valence-corrected chi connectivity index (χ1v) is 4.12. The molecule has 0 aromatic heterocycles. The first-order chi connectivity index (χ1) is 5.65. The van der Waals surface area contributed by atoms with Crippen LogP contribution in [0, 0.1) is 0 Å². The molecular weight excluding hydrogens is 222 g/mol. The quantitative estimate of drug-likeness (QED) is 0.442. The number of phenolic OH excluding ortho intramolecular Hbond substituents is 1. The van der Waals surface area contributed by atoms with Gasteiger partial charge in [0, 0.05) is 10.0 Å². The van der Waals surface area contributed by atoms with Crippen LogP contribution in [0.1, 0.15) is 12.5 Å². The highest BCUT2D eigenvalue weighted by molar-refractivity contribution is 9.10. The topological polar surface area (TPSA) is 52.8 Å². The molecular formula is C8H8BrNO2. The van der Waals surface area contributed by atoms with E-state index < -0.39 is 0 Å². The molecule has 0 heterocycles. The summed E-state index contributed by atoms with van der Waals surface area (Å²) in [5, 5.41) is 20.8. The van der Waals surface area contributed by atoms with Gasteiger partial charge in [-0.25, -0.2) is 0 Å². The van der Waals surface area contributed by atoms with Gasteiger partial charge in [0.05, 0.1) is 5.71 Å². The lowest BCUT2D eigenvalue weighted by Crippen LogP contribution is -1.94. The molecule has 0 saturated heterocycles. The molecule has 0 aliphatic rings. The number of benzene rings is 1. The molecule has 0 amide bonds. The van der Waals surface area contributed by atoms with E-state index >= 15 is 0 Å². The molecule has 0 aliphatic carbocycles. The fraction of sp³-hybridized carbons (Fsp3) is 0.125. The van der Waals surface area contributed by atoms with Crippen molar-refractivity contribution in [3.05, 3.63) is 28.2 Å². The van der Waals surface area contributed by atoms with E-state index in [1.165, 1.54) is 0 Å². The van der Waals surface area contributed by atoms with Crippen LogP contribution in [0.5, 0.6) is 5.75 Å². The van der Waals surface area contributed by atoms with E-state index in [2.05, 4.69) is 21.1 Å². The highest BCUT2D eigenvalue weighted by atomic mass is 79.9. The summed E-state index contributed by atoms with van der Waals surface area (Å²) >= 11 is 3.20. The first-order valence-electron chi connectivity index (χ1n) is 3.32. The maximum absolute atomic E-state index is 9.37. The SMILES string of the molecule is C/C(=N\O)c1ccc(Br)cc1O. The second kappa shape index (κ2) is 3.58. The Morgan fingerprint density at radius 3 is 2.67 bits per heavy atom. The number of halogens is 1. The van der Waals surface area contributed by atoms with E-state index in [0.29, 0.717) is 11.3 Å². The van der Waals surface area contributed by atoms with E-state index in [-0.39, 0.29) is 5.75 Å². The molecule has 4 heteroatoms. The molecule has 0 bridgehead atoms. The summed E-state index contributed by atoms with van der Waals surface area (Å²) in [6, 6.07) is 4.99. The van der Waals surface area contributed by atoms with Crippen LogP contribution < -0.4 is 0 Å². The average molecular weight is 230 g/mol. The van der Waals surface area contributed by atoms with Crippen molar-refractivity contribution < 1.29 is 10.3 Å². The molecule has 12 heavy (non-hydrogen) atoms. The summed E-state index contributed by atoms with van der Waals surface area (Å²) in [5.41, 5.74) is 0.917. The van der Waals surface area contributed by atoms with Gasteiger partial charge in [-0.15, -0.1) is 0 Å². The van der Waals surface area contributed by atoms with Gasteiger partial charge in [-0.1, -0.05) is 21.1 Å². The van der Waals surface area contributed by atoms with Crippen LogP contribution >= 0.6 is 15.9 Å². The molecule has 64 valence electrons. The summed E-state index contributed by atoms with van der Waals surface area (Å²) in [5.74, 6) is 0.0969. The second-order valence-corrected chi connectivity index (χ2v) is 3.26. The van der Waals surface area contributed by atoms with Gasteiger partial charge in [0.1, 0.15) is 5.75 Å². The monoisotopic (exact) mass is 229 g/mol. The van der Waals surface area contributed by atoms with Crippen LogP contribution in [0.15, 0.2) is 27.8 Å². The number of phenols is 1. The number of nitrogens with zero attached hydrogens (tertiary/aromatic N) is 1. The third-order valence-electron chi connectivity index (χ3n) is 1.50. The Bertz CT molecular complexity index is 323. The third kappa shape index (κ3) is 1.76. The summed E-state index contributed by atoms with van der Waals surface area (Å²) in [4.78, 5) is 0. The van der Waals surface area contributed by atoms with Crippen molar-refractivity contribution >= 4 is 21.6 Å². The van der Waals surface area contributed by atoms with E-state index in [1.54, 1.807) is 25.1 Å². The number of oxime groups is 1. The third-order valence-corrected chi connectivity index (χ3v) is 1.99. The zero-order valence-corrected chi connectivity index (χ0v) is 8.04. The predicted octanol–water partition coefficient (Wildman–Crippen LogP) is 2.35. The highest BCUT2D eigenvalue weighted by Gasteiger charge is 2.04. The Morgan fingerprint density at radius 1 is 1.50 bits per heavy atom. The molecule has 2 N–H and O–H groups in total. The molecule has 1 aromatic rings. The van der Waals surface area contributed by atoms with Gasteiger partial charge in [0.25, 0.3) is 0 Å². The van der Waals surface area contributed by atoms with Gasteiger partial charge in [-0.2, -0.15) is 0 Å². The molecule has 0 spiro atoms. The fourth-order valence-electron chi connectivity index (χ4n) is 0.865. The summed E-state index contributed by atoms with van der Waals surface area (Å²) in [6.45, 7) is 1.61. The molecule has 0 radical (unpaired) electrons. The lowest BCUT2D eigenvalue weighted by Gasteiger charge is -2.01. The van der Waals surface area contributed by atoms with Crippen LogP contribution in [-0.2, 0) is 0 Å². The van der Waals surface area contributed by atoms with Crippen LogP contribution in [0.3, 0.4) is 0 Å². The van der Waals surface area contributed by atoms with Crippen molar-refractivity contribution in [2.24, 2.45) is 5.16 Å². The Labute approximate surface area is 78.5 Å². The standard InChI is InChI=1S/C8H8BrNO2/c1-5(10-12)7-3-2-6(9)4-8(7)11/h2-4,11-12H,1H3/b10-5+. The average Bonchev–Trinajstić information content (AvgIpc) is 2.03. The molecule has 0 saturated carbocycles. The molecule has 0 fully saturated rings. The normalized spacial score (nSPS) is 11.7. The number of aromatic hydroxyl groups is 1. The lowest BCUT2D eigenvalue weighted by molar-refractivity contribution is 0.318. The van der Waals surface area contributed by atoms with Gasteiger partial charge in [0.15, 0.2) is 0 Å². The molecule has 0 unspecified atom stereocenters. The summed E-state index contributed by atoms with van der Waals surface area (Å²) in [6.07, 6.45) is 0. The summed E-state index contributed by atoms with van der Waals surface area (Å²) < 4.78 is 0.787. The minimum absolute atomic E-state index is 0.0969. The van der Waals surface area contributed by atoms with Crippen molar-refractivity contribution in [3.8, 4) is 5.75 Å². The highest BCUT2D eigenvalue weighted by Crippen LogP contribution is 2.22. The Hall–Kier alpha value is -1.03. The Kier molecular flexibility index (Phi) is 2.70. The zero-order chi connectivity index (χ0) is 9.14. The van der Waals surface area contributed by atoms with Crippen molar-refractivity contribution in [3.63, 3.8) is 0 Å². The van der Waals surface area contributed by atoms with Crippen molar-refractivity contribution in [2.45, 2.75) is 6.92 Å². The van der Waals surface area contributed by atoms with Gasteiger partial charge >= 0.3 is 0 Å². The van der Waals surface area contributed by atoms with E-state index in [1.807, 2.05) is 0 Å². The number of rotatable bonds is 1. The van der Waals surface area contributed by atoms with Crippen molar-refractivity contribution in [1.82, 2.24) is 0 Å². The number of hydrogen-bond donors (Lipinski definition) is 2. The molecule has 3 nitrogen and oxygen atoms in total. The maximum Gasteiger partial charge on any atom is 0.125 e. The van der Waals surface area contributed by atoms with Crippen molar-refractivity contribution in [2.75, 3.05) is 0 Å². The molecule has 0 aliphatic heterocycles. The Balaban J connectivity index is 3.18. The molecule has 0 atom stereocenters. The van der Waals surface area contributed by atoms with Crippen LogP contribution in [0.2, 0.25) is 0 Å². The molecule has 1 aromatic carbocycles. The Morgan fingerprint density at radius 2 is 2.17 bits per heavy atom. The van der Waals surface area contributed by atoms with E-state index in [9.17, 15) is 5.11 Å². The minimum Gasteiger partial charge on any atom is -0.507 e. The number of hydrogen-bond acceptors (Lipinski definition) is 3. The van der Waals surface area contributed by atoms with Crippen LogP contribution in [0.25, 0.3) is 0 Å². The maximum atomic E-state index is 9.37. The summed E-state index contributed by atoms with van der Waals surface area (Å²) in [7, 11) is 0.